The number of hydrogen-bond donors (Lipinski definition) is 1. The second-order valence-corrected chi connectivity index (χ2v) is 10.7. The minimum atomic E-state index is -3.73. The summed E-state index contributed by atoms with van der Waals surface area (Å²) in [6.07, 6.45) is 2.21. The summed E-state index contributed by atoms with van der Waals surface area (Å²) in [5.74, 6) is -1.21. The molecule has 2 saturated heterocycles. The van der Waals surface area contributed by atoms with Crippen molar-refractivity contribution in [3.63, 3.8) is 0 Å². The van der Waals surface area contributed by atoms with Crippen LogP contribution in [0, 0.1) is 6.92 Å². The Hall–Kier alpha value is -2.75. The molecule has 2 aromatic carbocycles. The van der Waals surface area contributed by atoms with Gasteiger partial charge < -0.3 is 15.0 Å². The highest BCUT2D eigenvalue weighted by Crippen LogP contribution is 2.38. The smallest absolute Gasteiger partial charge is 0.311 e. The summed E-state index contributed by atoms with van der Waals surface area (Å²) in [5.41, 5.74) is 1.19. The summed E-state index contributed by atoms with van der Waals surface area (Å²) in [5, 5.41) is 2.70. The second kappa shape index (κ2) is 10.2. The van der Waals surface area contributed by atoms with E-state index < -0.39 is 27.6 Å². The first-order valence-corrected chi connectivity index (χ1v) is 13.1. The van der Waals surface area contributed by atoms with Gasteiger partial charge in [-0.05, 0) is 37.5 Å². The lowest BCUT2D eigenvalue weighted by atomic mass is 10.0. The van der Waals surface area contributed by atoms with Crippen molar-refractivity contribution in [2.45, 2.75) is 43.2 Å². The number of benzene rings is 2. The van der Waals surface area contributed by atoms with Gasteiger partial charge in [-0.3, -0.25) is 9.59 Å². The van der Waals surface area contributed by atoms with E-state index in [4.69, 9.17) is 4.74 Å². The Morgan fingerprint density at radius 1 is 1.00 bits per heavy atom. The minimum absolute atomic E-state index is 0.233. The molecule has 0 radical (unpaired) electrons. The first-order chi connectivity index (χ1) is 16.3. The molecule has 9 heteroatoms. The van der Waals surface area contributed by atoms with Crippen LogP contribution in [-0.4, -0.2) is 67.9 Å². The molecule has 8 nitrogen and oxygen atoms in total. The largest absolute Gasteiger partial charge is 0.358 e. The molecule has 34 heavy (non-hydrogen) atoms. The quantitative estimate of drug-likeness (QED) is 0.499. The Labute approximate surface area is 200 Å². The molecule has 0 saturated carbocycles. The van der Waals surface area contributed by atoms with Crippen LogP contribution < -0.4 is 5.32 Å². The number of sulfonamides is 1. The van der Waals surface area contributed by atoms with E-state index in [-0.39, 0.29) is 24.5 Å². The summed E-state index contributed by atoms with van der Waals surface area (Å²) in [6, 6.07) is 16.7. The molecule has 2 heterocycles. The summed E-state index contributed by atoms with van der Waals surface area (Å²) in [4.78, 5) is 26.7. The molecular weight excluding hydrogens is 454 g/mol. The van der Waals surface area contributed by atoms with Crippen molar-refractivity contribution < 1.29 is 22.7 Å². The van der Waals surface area contributed by atoms with Gasteiger partial charge in [0.05, 0.1) is 11.5 Å². The third-order valence-corrected chi connectivity index (χ3v) is 8.49. The highest BCUT2D eigenvalue weighted by atomic mass is 32.2. The molecule has 4 rings (SSSR count). The second-order valence-electron chi connectivity index (χ2n) is 8.82. The van der Waals surface area contributed by atoms with Crippen molar-refractivity contribution in [1.29, 1.82) is 0 Å². The highest BCUT2D eigenvalue weighted by molar-refractivity contribution is 7.89. The van der Waals surface area contributed by atoms with E-state index in [1.54, 1.807) is 24.3 Å². The van der Waals surface area contributed by atoms with Gasteiger partial charge in [0, 0.05) is 39.0 Å². The molecule has 182 valence electrons. The van der Waals surface area contributed by atoms with Crippen LogP contribution >= 0.6 is 0 Å². The number of rotatable bonds is 6. The molecule has 0 atom stereocenters. The molecule has 2 aromatic rings. The minimum Gasteiger partial charge on any atom is -0.358 e. The Morgan fingerprint density at radius 2 is 1.68 bits per heavy atom. The van der Waals surface area contributed by atoms with Crippen LogP contribution in [0.25, 0.3) is 0 Å². The Kier molecular flexibility index (Phi) is 7.35. The fraction of sp³-hybridized carbons (Fsp3) is 0.440. The molecule has 0 unspecified atom stereocenters. The summed E-state index contributed by atoms with van der Waals surface area (Å²) in [6.45, 7) is 3.42. The first-order valence-electron chi connectivity index (χ1n) is 11.7. The number of amides is 2. The summed E-state index contributed by atoms with van der Waals surface area (Å²) >= 11 is 0. The number of likely N-dealkylation sites (tertiary alicyclic amines) is 1. The van der Waals surface area contributed by atoms with Crippen LogP contribution in [-0.2, 0) is 30.8 Å². The van der Waals surface area contributed by atoms with E-state index >= 15 is 0 Å². The highest BCUT2D eigenvalue weighted by Gasteiger charge is 2.51. The van der Waals surface area contributed by atoms with Gasteiger partial charge in [0.25, 0.3) is 0 Å². The first kappa shape index (κ1) is 24.4. The van der Waals surface area contributed by atoms with Gasteiger partial charge in [-0.2, -0.15) is 4.31 Å². The number of hydrogen-bond acceptors (Lipinski definition) is 5. The monoisotopic (exact) mass is 485 g/mol. The molecule has 0 aromatic heterocycles. The summed E-state index contributed by atoms with van der Waals surface area (Å²) in [7, 11) is -3.73. The van der Waals surface area contributed by atoms with Crippen molar-refractivity contribution in [3.8, 4) is 0 Å². The average Bonchev–Trinajstić information content (AvgIpc) is 3.26. The Morgan fingerprint density at radius 3 is 2.35 bits per heavy atom. The van der Waals surface area contributed by atoms with E-state index in [1.807, 2.05) is 37.3 Å². The number of nitrogens with one attached hydrogen (secondary N) is 1. The zero-order valence-electron chi connectivity index (χ0n) is 19.4. The predicted molar refractivity (Wildman–Crippen MR) is 127 cm³/mol. The topological polar surface area (TPSA) is 96.0 Å². The molecule has 0 aliphatic carbocycles. The molecule has 1 spiro atoms. The zero-order chi connectivity index (χ0) is 24.2. The van der Waals surface area contributed by atoms with Crippen molar-refractivity contribution in [1.82, 2.24) is 14.5 Å². The lowest BCUT2D eigenvalue weighted by molar-refractivity contribution is -0.151. The Bertz CT molecular complexity index is 1110. The van der Waals surface area contributed by atoms with Crippen LogP contribution in [0.3, 0.4) is 0 Å². The number of ether oxygens (including phenoxy) is 1. The number of carbonyl (C=O) groups is 2. The molecular formula is C25H31N3O5S. The van der Waals surface area contributed by atoms with Gasteiger partial charge in [0.1, 0.15) is 5.72 Å². The SMILES string of the molecule is Cc1ccc(S(=O)(=O)N2CCOC23CCN(C(=O)C(=O)NCCCc2ccccc2)CC3)cc1. The van der Waals surface area contributed by atoms with Crippen molar-refractivity contribution in [2.24, 2.45) is 0 Å². The van der Waals surface area contributed by atoms with Gasteiger partial charge in [-0.15, -0.1) is 0 Å². The van der Waals surface area contributed by atoms with Gasteiger partial charge >= 0.3 is 11.8 Å². The van der Waals surface area contributed by atoms with Gasteiger partial charge in [-0.1, -0.05) is 48.0 Å². The van der Waals surface area contributed by atoms with Crippen molar-refractivity contribution in [3.05, 3.63) is 65.7 Å². The van der Waals surface area contributed by atoms with Crippen LogP contribution in [0.15, 0.2) is 59.5 Å². The number of nitrogens with zero attached hydrogens (tertiary/aromatic N) is 2. The third kappa shape index (κ3) is 5.16. The Balaban J connectivity index is 1.31. The molecule has 2 aliphatic rings. The molecule has 2 amide bonds. The average molecular weight is 486 g/mol. The summed E-state index contributed by atoms with van der Waals surface area (Å²) < 4.78 is 34.0. The number of aryl methyl sites for hydroxylation is 2. The number of carbonyl (C=O) groups excluding carboxylic acids is 2. The number of piperidine rings is 1. The molecule has 1 N–H and O–H groups in total. The maximum atomic E-state index is 13.3. The lowest BCUT2D eigenvalue weighted by Gasteiger charge is -2.42. The van der Waals surface area contributed by atoms with Gasteiger partial charge in [0.2, 0.25) is 10.0 Å². The maximum absolute atomic E-state index is 13.3. The maximum Gasteiger partial charge on any atom is 0.311 e. The van der Waals surface area contributed by atoms with Gasteiger partial charge in [-0.25, -0.2) is 8.42 Å². The van der Waals surface area contributed by atoms with Crippen molar-refractivity contribution >= 4 is 21.8 Å². The van der Waals surface area contributed by atoms with Gasteiger partial charge in [0.15, 0.2) is 0 Å². The van der Waals surface area contributed by atoms with E-state index in [0.717, 1.165) is 18.4 Å². The fourth-order valence-electron chi connectivity index (χ4n) is 4.58. The van der Waals surface area contributed by atoms with Crippen LogP contribution in [0.1, 0.15) is 30.4 Å². The van der Waals surface area contributed by atoms with E-state index in [2.05, 4.69) is 5.32 Å². The lowest BCUT2D eigenvalue weighted by Crippen LogP contribution is -2.57. The normalized spacial score (nSPS) is 18.2. The molecule has 2 aliphatic heterocycles. The third-order valence-electron chi connectivity index (χ3n) is 6.53. The predicted octanol–water partition coefficient (Wildman–Crippen LogP) is 2.08. The van der Waals surface area contributed by atoms with E-state index in [1.165, 1.54) is 14.8 Å². The zero-order valence-corrected chi connectivity index (χ0v) is 20.2. The molecule has 0 bridgehead atoms. The van der Waals surface area contributed by atoms with Crippen molar-refractivity contribution in [2.75, 3.05) is 32.8 Å². The standard InChI is InChI=1S/C25H31N3O5S/c1-20-9-11-22(12-10-20)34(31,32)28-18-19-33-25(28)13-16-27(17-14-25)24(30)23(29)26-15-5-8-21-6-3-2-4-7-21/h2-4,6-7,9-12H,5,8,13-19H2,1H3,(H,26,29). The fourth-order valence-corrected chi connectivity index (χ4v) is 6.30. The van der Waals surface area contributed by atoms with Crippen LogP contribution in [0.2, 0.25) is 0 Å². The van der Waals surface area contributed by atoms with E-state index in [9.17, 15) is 18.0 Å². The van der Waals surface area contributed by atoms with Crippen LogP contribution in [0.4, 0.5) is 0 Å². The molecule has 2 fully saturated rings. The van der Waals surface area contributed by atoms with Crippen LogP contribution in [0.5, 0.6) is 0 Å². The van der Waals surface area contributed by atoms with E-state index in [0.29, 0.717) is 26.0 Å².